The van der Waals surface area contributed by atoms with E-state index in [1.54, 1.807) is 0 Å². The molecule has 0 saturated carbocycles. The molecule has 0 aliphatic rings. The largest absolute Gasteiger partial charge is 2.00 e. The normalized spacial score (nSPS) is 11.9. The zero-order chi connectivity index (χ0) is 9.50. The third-order valence-corrected chi connectivity index (χ3v) is 4.58. The molecule has 0 atom stereocenters. The van der Waals surface area contributed by atoms with E-state index in [9.17, 15) is 28.7 Å². The summed E-state index contributed by atoms with van der Waals surface area (Å²) >= 11 is 0. The second-order valence-corrected chi connectivity index (χ2v) is 6.05. The Morgan fingerprint density at radius 3 is 1.14 bits per heavy atom. The molecule has 0 unspecified atom stereocenters. The van der Waals surface area contributed by atoms with Crippen molar-refractivity contribution in [2.24, 2.45) is 0 Å². The molecule has 0 rings (SSSR count). The zero-order valence-electron chi connectivity index (χ0n) is 7.59. The topological polar surface area (TPSA) is 147 Å². The molecule has 0 aromatic heterocycles. The summed E-state index contributed by atoms with van der Waals surface area (Å²) < 4.78 is 19.9. The SMILES string of the molecule is CC(O)(P(=O)([O-])[O-])P(=O)([O-])[O-].[Cu+2].[K+].[K+]. The smallest absolute Gasteiger partial charge is 0.808 e. The van der Waals surface area contributed by atoms with Crippen molar-refractivity contribution in [2.75, 3.05) is 0 Å². The Hall–Kier alpha value is 4.05. The van der Waals surface area contributed by atoms with E-state index in [2.05, 4.69) is 0 Å². The quantitative estimate of drug-likeness (QED) is 0.387. The van der Waals surface area contributed by atoms with Crippen molar-refractivity contribution in [1.82, 2.24) is 0 Å². The third kappa shape index (κ3) is 7.48. The molecule has 0 heterocycles. The summed E-state index contributed by atoms with van der Waals surface area (Å²) in [6, 6.07) is 0. The zero-order valence-corrected chi connectivity index (χ0v) is 16.6. The van der Waals surface area contributed by atoms with Crippen LogP contribution in [0.25, 0.3) is 0 Å². The van der Waals surface area contributed by atoms with Crippen molar-refractivity contribution < 1.29 is 154 Å². The molecule has 14 heavy (non-hydrogen) atoms. The van der Waals surface area contributed by atoms with Gasteiger partial charge in [-0.1, -0.05) is 0 Å². The number of aliphatic hydroxyl groups is 1. The first-order chi connectivity index (χ1) is 4.50. The predicted molar refractivity (Wildman–Crippen MR) is 25.8 cm³/mol. The van der Waals surface area contributed by atoms with E-state index in [0.29, 0.717) is 0 Å². The fourth-order valence-corrected chi connectivity index (χ4v) is 1.35. The average Bonchev–Trinajstić information content (AvgIpc) is 1.58. The van der Waals surface area contributed by atoms with Crippen molar-refractivity contribution in [2.45, 2.75) is 12.0 Å². The minimum Gasteiger partial charge on any atom is -0.808 e. The minimum atomic E-state index is -5.82. The molecule has 12 heteroatoms. The van der Waals surface area contributed by atoms with Gasteiger partial charge in [-0.2, -0.15) is 0 Å². The molecule has 0 saturated heterocycles. The van der Waals surface area contributed by atoms with Crippen molar-refractivity contribution in [3.8, 4) is 0 Å². The first-order valence-electron chi connectivity index (χ1n) is 2.27. The molecular formula is C2H4CuK2O7P2. The summed E-state index contributed by atoms with van der Waals surface area (Å²) in [5.74, 6) is 0. The van der Waals surface area contributed by atoms with Crippen LogP contribution in [0, 0.1) is 0 Å². The molecule has 7 nitrogen and oxygen atoms in total. The Bertz CT molecular complexity index is 220. The van der Waals surface area contributed by atoms with Crippen molar-refractivity contribution >= 4 is 15.2 Å². The van der Waals surface area contributed by atoms with Crippen molar-refractivity contribution in [3.63, 3.8) is 0 Å². The fourth-order valence-electron chi connectivity index (χ4n) is 0.150. The van der Waals surface area contributed by atoms with E-state index >= 15 is 0 Å². The second-order valence-electron chi connectivity index (χ2n) is 1.97. The summed E-state index contributed by atoms with van der Waals surface area (Å²) in [5, 5.41) is 4.68. The van der Waals surface area contributed by atoms with Crippen LogP contribution in [0.5, 0.6) is 0 Å². The standard InChI is InChI=1S/C2H8O7P2.Cu.2K/c1-2(3,10(4,5)6)11(7,8)9;;;/h3H,1H3,(H2,4,5,6)(H2,7,8,9);;;/q;+2;2*+1/p-4. The van der Waals surface area contributed by atoms with E-state index in [4.69, 9.17) is 5.11 Å². The molecular weight excluding hydrogens is 340 g/mol. The molecule has 0 spiro atoms. The third-order valence-electron chi connectivity index (χ3n) is 1.04. The summed E-state index contributed by atoms with van der Waals surface area (Å²) in [7, 11) is -11.6. The fraction of sp³-hybridized carbons (Fsp3) is 1.00. The van der Waals surface area contributed by atoms with Crippen LogP contribution in [-0.2, 0) is 26.2 Å². The van der Waals surface area contributed by atoms with Gasteiger partial charge in [0.1, 0.15) is 5.08 Å². The Balaban J connectivity index is -0.000000167. The van der Waals surface area contributed by atoms with Gasteiger partial charge in [-0.15, -0.1) is 0 Å². The molecule has 77 valence electrons. The van der Waals surface area contributed by atoms with Crippen LogP contribution in [0.1, 0.15) is 6.92 Å². The number of rotatable bonds is 2. The second kappa shape index (κ2) is 9.04. The maximum absolute atomic E-state index is 9.95. The van der Waals surface area contributed by atoms with Crippen LogP contribution in [0.4, 0.5) is 0 Å². The van der Waals surface area contributed by atoms with E-state index in [1.807, 2.05) is 0 Å². The van der Waals surface area contributed by atoms with Gasteiger partial charge in [0.25, 0.3) is 0 Å². The van der Waals surface area contributed by atoms with Crippen LogP contribution in [0.15, 0.2) is 0 Å². The minimum absolute atomic E-state index is 0. The van der Waals surface area contributed by atoms with E-state index in [1.165, 1.54) is 0 Å². The van der Waals surface area contributed by atoms with Gasteiger partial charge in [-0.3, -0.25) is 0 Å². The van der Waals surface area contributed by atoms with Gasteiger partial charge in [0.2, 0.25) is 0 Å². The van der Waals surface area contributed by atoms with Crippen LogP contribution in [0.2, 0.25) is 0 Å². The van der Waals surface area contributed by atoms with Gasteiger partial charge in [0.15, 0.2) is 0 Å². The molecule has 1 radical (unpaired) electrons. The average molecular weight is 344 g/mol. The van der Waals surface area contributed by atoms with Gasteiger partial charge in [-0.25, -0.2) is 0 Å². The Kier molecular flexibility index (Phi) is 17.2. The predicted octanol–water partition coefficient (Wildman–Crippen LogP) is -9.51. The number of hydrogen-bond acceptors (Lipinski definition) is 7. The van der Waals surface area contributed by atoms with Crippen LogP contribution in [-0.4, -0.2) is 10.2 Å². The van der Waals surface area contributed by atoms with Gasteiger partial charge in [-0.05, 0) is 22.1 Å². The van der Waals surface area contributed by atoms with Gasteiger partial charge < -0.3 is 33.8 Å². The molecule has 0 aromatic rings. The van der Waals surface area contributed by atoms with Crippen LogP contribution < -0.4 is 122 Å². The monoisotopic (exact) mass is 343 g/mol. The molecule has 0 fully saturated rings. The summed E-state index contributed by atoms with van der Waals surface area (Å²) in [4.78, 5) is 39.8. The molecule has 0 bridgehead atoms. The van der Waals surface area contributed by atoms with E-state index in [0.717, 1.165) is 0 Å². The van der Waals surface area contributed by atoms with E-state index < -0.39 is 20.3 Å². The maximum Gasteiger partial charge on any atom is 2.00 e. The first kappa shape index (κ1) is 26.6. The summed E-state index contributed by atoms with van der Waals surface area (Å²) in [6.07, 6.45) is 0. The Morgan fingerprint density at radius 1 is 1.00 bits per heavy atom. The van der Waals surface area contributed by atoms with Crippen LogP contribution in [0.3, 0.4) is 0 Å². The van der Waals surface area contributed by atoms with E-state index in [-0.39, 0.29) is 127 Å². The molecule has 1 N–H and O–H groups in total. The van der Waals surface area contributed by atoms with Gasteiger partial charge in [0.05, 0.1) is 0 Å². The van der Waals surface area contributed by atoms with Gasteiger partial charge >= 0.3 is 120 Å². The maximum atomic E-state index is 9.95. The molecule has 0 aromatic carbocycles. The molecule has 0 aliphatic carbocycles. The van der Waals surface area contributed by atoms with Crippen molar-refractivity contribution in [3.05, 3.63) is 0 Å². The summed E-state index contributed by atoms with van der Waals surface area (Å²) in [5.41, 5.74) is 0. The van der Waals surface area contributed by atoms with Gasteiger partial charge in [0, 0.05) is 0 Å². The molecule has 0 amide bonds. The number of hydrogen-bond donors (Lipinski definition) is 1. The first-order valence-corrected chi connectivity index (χ1v) is 5.35. The Morgan fingerprint density at radius 2 is 1.14 bits per heavy atom. The Labute approximate surface area is 176 Å². The summed E-state index contributed by atoms with van der Waals surface area (Å²) in [6.45, 7) is 0.133. The molecule has 0 aliphatic heterocycles. The van der Waals surface area contributed by atoms with Crippen LogP contribution >= 0.6 is 15.2 Å². The van der Waals surface area contributed by atoms with Crippen molar-refractivity contribution in [1.29, 1.82) is 0 Å².